The number of carbonyl (C=O) groups excluding carboxylic acids is 1. The number of carboxylic acid groups (broad SMARTS) is 1. The molecule has 5 nitrogen and oxygen atoms in total. The Morgan fingerprint density at radius 2 is 2.06 bits per heavy atom. The molecule has 2 atom stereocenters. The molecule has 0 aliphatic rings. The molecule has 0 spiro atoms. The van der Waals surface area contributed by atoms with Crippen LogP contribution < -0.4 is 10.6 Å². The summed E-state index contributed by atoms with van der Waals surface area (Å²) in [5.74, 6) is -0.991. The number of amides is 2. The van der Waals surface area contributed by atoms with Gasteiger partial charge in [0.2, 0.25) is 0 Å². The molecule has 16 heavy (non-hydrogen) atoms. The topological polar surface area (TPSA) is 78.4 Å². The van der Waals surface area contributed by atoms with Gasteiger partial charge in [0.1, 0.15) is 6.04 Å². The molecular weight excluding hydrogens is 228 g/mol. The van der Waals surface area contributed by atoms with Gasteiger partial charge in [-0.1, -0.05) is 20.3 Å². The van der Waals surface area contributed by atoms with Gasteiger partial charge in [-0.25, -0.2) is 9.59 Å². The van der Waals surface area contributed by atoms with Crippen molar-refractivity contribution in [2.24, 2.45) is 0 Å². The fraction of sp³-hybridized carbons (Fsp3) is 0.800. The lowest BCUT2D eigenvalue weighted by Crippen LogP contribution is -2.47. The minimum absolute atomic E-state index is 0.320. The number of hydrogen-bond donors (Lipinski definition) is 3. The molecule has 0 bridgehead atoms. The van der Waals surface area contributed by atoms with E-state index in [-0.39, 0.29) is 0 Å². The highest BCUT2D eigenvalue weighted by atomic mass is 32.2. The third-order valence-corrected chi connectivity index (χ3v) is 3.10. The predicted molar refractivity (Wildman–Crippen MR) is 65.8 cm³/mol. The van der Waals surface area contributed by atoms with Crippen LogP contribution in [0, 0.1) is 0 Å². The van der Waals surface area contributed by atoms with E-state index in [1.54, 1.807) is 11.8 Å². The Balaban J connectivity index is 3.95. The van der Waals surface area contributed by atoms with Crippen molar-refractivity contribution < 1.29 is 14.7 Å². The maximum absolute atomic E-state index is 11.4. The molecule has 0 heterocycles. The van der Waals surface area contributed by atoms with Gasteiger partial charge in [-0.05, 0) is 12.7 Å². The van der Waals surface area contributed by atoms with Crippen molar-refractivity contribution in [1.82, 2.24) is 10.6 Å². The van der Waals surface area contributed by atoms with Crippen LogP contribution in [0.15, 0.2) is 0 Å². The summed E-state index contributed by atoms with van der Waals surface area (Å²) in [5.41, 5.74) is 0. The van der Waals surface area contributed by atoms with Crippen LogP contribution in [0.25, 0.3) is 0 Å². The Bertz CT molecular complexity index is 236. The molecule has 0 fully saturated rings. The molecule has 2 amide bonds. The maximum atomic E-state index is 11.4. The second kappa shape index (κ2) is 8.27. The fourth-order valence-corrected chi connectivity index (χ4v) is 1.33. The molecule has 0 aromatic heterocycles. The number of rotatable bonds is 7. The zero-order valence-corrected chi connectivity index (χ0v) is 10.8. The molecule has 0 aromatic rings. The van der Waals surface area contributed by atoms with Crippen LogP contribution in [0.5, 0.6) is 0 Å². The van der Waals surface area contributed by atoms with E-state index < -0.39 is 18.0 Å². The minimum Gasteiger partial charge on any atom is -0.480 e. The van der Waals surface area contributed by atoms with E-state index >= 15 is 0 Å². The summed E-state index contributed by atoms with van der Waals surface area (Å²) in [4.78, 5) is 22.1. The molecule has 94 valence electrons. The molecular formula is C10H20N2O3S. The third-order valence-electron chi connectivity index (χ3n) is 2.13. The summed E-state index contributed by atoms with van der Waals surface area (Å²) in [7, 11) is 0. The number of hydrogen-bond acceptors (Lipinski definition) is 3. The van der Waals surface area contributed by atoms with Gasteiger partial charge in [0, 0.05) is 11.8 Å². The van der Waals surface area contributed by atoms with Crippen molar-refractivity contribution in [3.63, 3.8) is 0 Å². The summed E-state index contributed by atoms with van der Waals surface area (Å²) in [5, 5.41) is 14.2. The standard InChI is InChI=1S/C10H20N2O3S/c1-4-5-8(9(13)14)12-10(15)11-6-7(2)16-3/h7-8H,4-6H2,1-3H3,(H,13,14)(H2,11,12,15)/t7?,8-/m1/s1. The van der Waals surface area contributed by atoms with Crippen molar-refractivity contribution in [2.75, 3.05) is 12.8 Å². The average molecular weight is 248 g/mol. The van der Waals surface area contributed by atoms with Gasteiger partial charge in [0.25, 0.3) is 0 Å². The van der Waals surface area contributed by atoms with Gasteiger partial charge in [-0.3, -0.25) is 0 Å². The molecule has 0 saturated heterocycles. The third kappa shape index (κ3) is 6.55. The van der Waals surface area contributed by atoms with E-state index in [0.717, 1.165) is 6.42 Å². The van der Waals surface area contributed by atoms with E-state index in [1.165, 1.54) is 0 Å². The van der Waals surface area contributed by atoms with Crippen LogP contribution in [0.1, 0.15) is 26.7 Å². The molecule has 0 aromatic carbocycles. The number of aliphatic carboxylic acids is 1. The molecule has 6 heteroatoms. The number of carbonyl (C=O) groups is 2. The lowest BCUT2D eigenvalue weighted by Gasteiger charge is -2.15. The number of carboxylic acids is 1. The maximum Gasteiger partial charge on any atom is 0.326 e. The first-order chi connectivity index (χ1) is 7.51. The number of nitrogens with one attached hydrogen (secondary N) is 2. The van der Waals surface area contributed by atoms with E-state index in [2.05, 4.69) is 10.6 Å². The molecule has 0 radical (unpaired) electrons. The first-order valence-corrected chi connectivity index (χ1v) is 6.60. The Labute approximate surface area is 100 Å². The van der Waals surface area contributed by atoms with Crippen LogP contribution in [0.3, 0.4) is 0 Å². The average Bonchev–Trinajstić information content (AvgIpc) is 2.25. The van der Waals surface area contributed by atoms with Crippen molar-refractivity contribution in [3.05, 3.63) is 0 Å². The largest absolute Gasteiger partial charge is 0.480 e. The van der Waals surface area contributed by atoms with Crippen LogP contribution in [0.2, 0.25) is 0 Å². The molecule has 0 saturated carbocycles. The molecule has 3 N–H and O–H groups in total. The Hall–Kier alpha value is -0.910. The fourth-order valence-electron chi connectivity index (χ4n) is 1.08. The van der Waals surface area contributed by atoms with E-state index in [1.807, 2.05) is 20.1 Å². The normalized spacial score (nSPS) is 13.9. The van der Waals surface area contributed by atoms with Crippen molar-refractivity contribution in [2.45, 2.75) is 38.0 Å². The van der Waals surface area contributed by atoms with Gasteiger partial charge in [-0.15, -0.1) is 0 Å². The lowest BCUT2D eigenvalue weighted by molar-refractivity contribution is -0.139. The van der Waals surface area contributed by atoms with Crippen molar-refractivity contribution in [1.29, 1.82) is 0 Å². The molecule has 0 rings (SSSR count). The molecule has 0 aliphatic heterocycles. The summed E-state index contributed by atoms with van der Waals surface area (Å²) in [6.07, 6.45) is 3.13. The Morgan fingerprint density at radius 1 is 1.44 bits per heavy atom. The van der Waals surface area contributed by atoms with Crippen LogP contribution in [-0.4, -0.2) is 41.2 Å². The minimum atomic E-state index is -0.991. The second-order valence-corrected chi connectivity index (χ2v) is 4.86. The zero-order chi connectivity index (χ0) is 12.6. The Morgan fingerprint density at radius 3 is 2.50 bits per heavy atom. The Kier molecular flexibility index (Phi) is 7.80. The van der Waals surface area contributed by atoms with Crippen molar-refractivity contribution >= 4 is 23.8 Å². The van der Waals surface area contributed by atoms with Crippen LogP contribution in [-0.2, 0) is 4.79 Å². The summed E-state index contributed by atoms with van der Waals surface area (Å²) in [6.45, 7) is 4.41. The van der Waals surface area contributed by atoms with Gasteiger partial charge in [0.15, 0.2) is 0 Å². The van der Waals surface area contributed by atoms with Gasteiger partial charge < -0.3 is 15.7 Å². The SMILES string of the molecule is CCC[C@@H](NC(=O)NCC(C)SC)C(=O)O. The van der Waals surface area contributed by atoms with Crippen LogP contribution >= 0.6 is 11.8 Å². The summed E-state index contributed by atoms with van der Waals surface area (Å²) < 4.78 is 0. The highest BCUT2D eigenvalue weighted by Crippen LogP contribution is 2.02. The van der Waals surface area contributed by atoms with Gasteiger partial charge in [-0.2, -0.15) is 11.8 Å². The van der Waals surface area contributed by atoms with Gasteiger partial charge in [0.05, 0.1) is 0 Å². The molecule has 0 aliphatic carbocycles. The second-order valence-electron chi connectivity index (χ2n) is 3.58. The number of urea groups is 1. The zero-order valence-electron chi connectivity index (χ0n) is 9.95. The summed E-state index contributed by atoms with van der Waals surface area (Å²) >= 11 is 1.64. The smallest absolute Gasteiger partial charge is 0.326 e. The predicted octanol–water partition coefficient (Wildman–Crippen LogP) is 1.29. The van der Waals surface area contributed by atoms with E-state index in [0.29, 0.717) is 18.2 Å². The van der Waals surface area contributed by atoms with Crippen LogP contribution in [0.4, 0.5) is 4.79 Å². The van der Waals surface area contributed by atoms with E-state index in [9.17, 15) is 9.59 Å². The highest BCUT2D eigenvalue weighted by molar-refractivity contribution is 7.99. The first kappa shape index (κ1) is 15.1. The van der Waals surface area contributed by atoms with Gasteiger partial charge >= 0.3 is 12.0 Å². The quantitative estimate of drug-likeness (QED) is 0.634. The summed E-state index contributed by atoms with van der Waals surface area (Å²) in [6, 6.07) is -1.21. The van der Waals surface area contributed by atoms with E-state index in [4.69, 9.17) is 5.11 Å². The number of thioether (sulfide) groups is 1. The molecule has 1 unspecified atom stereocenters. The highest BCUT2D eigenvalue weighted by Gasteiger charge is 2.18. The monoisotopic (exact) mass is 248 g/mol. The lowest BCUT2D eigenvalue weighted by atomic mass is 10.2. The van der Waals surface area contributed by atoms with Crippen molar-refractivity contribution in [3.8, 4) is 0 Å². The first-order valence-electron chi connectivity index (χ1n) is 5.31.